The molecular formula is C17H18N4O4S. The molecule has 3 rings (SSSR count). The van der Waals surface area contributed by atoms with Crippen LogP contribution in [0.3, 0.4) is 0 Å². The van der Waals surface area contributed by atoms with Crippen LogP contribution in [-0.2, 0) is 9.59 Å². The van der Waals surface area contributed by atoms with E-state index in [0.717, 1.165) is 24.6 Å². The van der Waals surface area contributed by atoms with Gasteiger partial charge < -0.3 is 15.1 Å². The molecule has 26 heavy (non-hydrogen) atoms. The number of aromatic nitrogens is 2. The second kappa shape index (κ2) is 7.69. The Labute approximate surface area is 154 Å². The van der Waals surface area contributed by atoms with Gasteiger partial charge in [-0.3, -0.25) is 14.4 Å². The zero-order valence-corrected chi connectivity index (χ0v) is 15.2. The first-order valence-electron chi connectivity index (χ1n) is 8.11. The Balaban J connectivity index is 1.71. The summed E-state index contributed by atoms with van der Waals surface area (Å²) in [7, 11) is 0. The van der Waals surface area contributed by atoms with Crippen LogP contribution in [0.2, 0.25) is 0 Å². The summed E-state index contributed by atoms with van der Waals surface area (Å²) in [4.78, 5) is 35.2. The highest BCUT2D eigenvalue weighted by Gasteiger charge is 2.29. The van der Waals surface area contributed by atoms with E-state index in [-0.39, 0.29) is 23.4 Å². The van der Waals surface area contributed by atoms with E-state index in [9.17, 15) is 14.4 Å². The fraction of sp³-hybridized carbons (Fsp3) is 0.353. The minimum Gasteiger partial charge on any atom is -0.416 e. The van der Waals surface area contributed by atoms with E-state index in [1.165, 1.54) is 13.8 Å². The van der Waals surface area contributed by atoms with Gasteiger partial charge in [0.05, 0.1) is 11.4 Å². The quantitative estimate of drug-likeness (QED) is 0.566. The number of thioether (sulfide) groups is 1. The fourth-order valence-electron chi connectivity index (χ4n) is 2.34. The van der Waals surface area contributed by atoms with Crippen molar-refractivity contribution < 1.29 is 18.8 Å². The van der Waals surface area contributed by atoms with Gasteiger partial charge in [0.1, 0.15) is 0 Å². The third kappa shape index (κ3) is 4.69. The molecule has 1 saturated carbocycles. The van der Waals surface area contributed by atoms with Crippen molar-refractivity contribution in [3.8, 4) is 0 Å². The van der Waals surface area contributed by atoms with Gasteiger partial charge in [0.15, 0.2) is 5.78 Å². The number of amides is 2. The van der Waals surface area contributed by atoms with Crippen LogP contribution in [-0.4, -0.2) is 33.5 Å². The number of benzene rings is 1. The maximum Gasteiger partial charge on any atom is 0.277 e. The molecule has 0 unspecified atom stereocenters. The van der Waals surface area contributed by atoms with Crippen molar-refractivity contribution in [1.29, 1.82) is 0 Å². The molecule has 1 aliphatic rings. The molecule has 1 heterocycles. The molecule has 1 fully saturated rings. The first-order valence-corrected chi connectivity index (χ1v) is 9.09. The lowest BCUT2D eigenvalue weighted by molar-refractivity contribution is -0.115. The molecule has 8 nitrogen and oxygen atoms in total. The summed E-state index contributed by atoms with van der Waals surface area (Å²) in [6.07, 6.45) is 2.12. The highest BCUT2D eigenvalue weighted by atomic mass is 32.2. The largest absolute Gasteiger partial charge is 0.416 e. The third-order valence-electron chi connectivity index (χ3n) is 3.63. The van der Waals surface area contributed by atoms with Gasteiger partial charge in [0.2, 0.25) is 17.7 Å². The van der Waals surface area contributed by atoms with E-state index in [0.29, 0.717) is 34.0 Å². The molecule has 2 N–H and O–H groups in total. The van der Waals surface area contributed by atoms with Crippen LogP contribution in [0.4, 0.5) is 11.4 Å². The SMILES string of the molecule is CC(=O)Nc1ccc(C(=O)CSc2nnc(C3CC3)o2)c(NC(C)=O)c1. The molecule has 136 valence electrons. The molecule has 1 aromatic heterocycles. The number of rotatable bonds is 7. The van der Waals surface area contributed by atoms with Gasteiger partial charge in [-0.25, -0.2) is 0 Å². The van der Waals surface area contributed by atoms with Gasteiger partial charge in [0.25, 0.3) is 5.22 Å². The number of anilines is 2. The fourth-order valence-corrected chi connectivity index (χ4v) is 2.99. The van der Waals surface area contributed by atoms with Crippen LogP contribution in [0, 0.1) is 0 Å². The van der Waals surface area contributed by atoms with Crippen molar-refractivity contribution in [2.24, 2.45) is 0 Å². The summed E-state index contributed by atoms with van der Waals surface area (Å²) in [5.74, 6) is 0.338. The highest BCUT2D eigenvalue weighted by Crippen LogP contribution is 2.39. The molecule has 0 aliphatic heterocycles. The van der Waals surface area contributed by atoms with Gasteiger partial charge in [-0.15, -0.1) is 10.2 Å². The molecule has 1 aliphatic carbocycles. The van der Waals surface area contributed by atoms with Crippen LogP contribution in [0.1, 0.15) is 48.9 Å². The van der Waals surface area contributed by atoms with Crippen LogP contribution in [0.5, 0.6) is 0 Å². The number of carbonyl (C=O) groups excluding carboxylic acids is 3. The first-order chi connectivity index (χ1) is 12.4. The van der Waals surface area contributed by atoms with Gasteiger partial charge in [-0.05, 0) is 31.0 Å². The van der Waals surface area contributed by atoms with E-state index in [1.54, 1.807) is 18.2 Å². The Morgan fingerprint density at radius 3 is 2.54 bits per heavy atom. The van der Waals surface area contributed by atoms with Gasteiger partial charge in [0, 0.05) is 31.0 Å². The second-order valence-electron chi connectivity index (χ2n) is 6.02. The molecule has 0 saturated heterocycles. The second-order valence-corrected chi connectivity index (χ2v) is 6.94. The Hall–Kier alpha value is -2.68. The van der Waals surface area contributed by atoms with E-state index in [4.69, 9.17) is 4.42 Å². The van der Waals surface area contributed by atoms with E-state index in [1.807, 2.05) is 0 Å². The number of ketones is 1. The van der Waals surface area contributed by atoms with Crippen LogP contribution in [0.25, 0.3) is 0 Å². The molecule has 0 bridgehead atoms. The summed E-state index contributed by atoms with van der Waals surface area (Å²) in [5.41, 5.74) is 1.19. The summed E-state index contributed by atoms with van der Waals surface area (Å²) >= 11 is 1.16. The maximum absolute atomic E-state index is 12.6. The lowest BCUT2D eigenvalue weighted by Gasteiger charge is -2.11. The molecule has 9 heteroatoms. The topological polar surface area (TPSA) is 114 Å². The van der Waals surface area contributed by atoms with Gasteiger partial charge >= 0.3 is 0 Å². The summed E-state index contributed by atoms with van der Waals surface area (Å²) in [6, 6.07) is 4.74. The van der Waals surface area contributed by atoms with Gasteiger partial charge in [-0.2, -0.15) is 0 Å². The summed E-state index contributed by atoms with van der Waals surface area (Å²) in [5, 5.41) is 13.5. The zero-order chi connectivity index (χ0) is 18.7. The van der Waals surface area contributed by atoms with Crippen molar-refractivity contribution in [3.63, 3.8) is 0 Å². The monoisotopic (exact) mass is 374 g/mol. The number of hydrogen-bond donors (Lipinski definition) is 2. The number of nitrogens with one attached hydrogen (secondary N) is 2. The predicted molar refractivity (Wildman–Crippen MR) is 96.4 cm³/mol. The number of hydrogen-bond acceptors (Lipinski definition) is 7. The minimum atomic E-state index is -0.308. The Morgan fingerprint density at radius 2 is 1.88 bits per heavy atom. The Kier molecular flexibility index (Phi) is 5.36. The number of Topliss-reactive ketones (excluding diaryl/α,β-unsaturated/α-hetero) is 1. The third-order valence-corrected chi connectivity index (χ3v) is 4.44. The summed E-state index contributed by atoms with van der Waals surface area (Å²) in [6.45, 7) is 2.74. The van der Waals surface area contributed by atoms with Crippen molar-refractivity contribution in [2.75, 3.05) is 16.4 Å². The Bertz CT molecular complexity index is 860. The smallest absolute Gasteiger partial charge is 0.277 e. The standard InChI is InChI=1S/C17H18N4O4S/c1-9(22)18-12-5-6-13(14(7-12)19-10(2)23)15(24)8-26-17-21-20-16(25-17)11-3-4-11/h5-7,11H,3-4,8H2,1-2H3,(H,18,22)(H,19,23). The van der Waals surface area contributed by atoms with Crippen molar-refractivity contribution in [3.05, 3.63) is 29.7 Å². The van der Waals surface area contributed by atoms with Crippen LogP contribution >= 0.6 is 11.8 Å². The lowest BCUT2D eigenvalue weighted by Crippen LogP contribution is -2.14. The molecule has 0 spiro atoms. The first kappa shape index (κ1) is 18.1. The van der Waals surface area contributed by atoms with E-state index in [2.05, 4.69) is 20.8 Å². The molecule has 1 aromatic carbocycles. The zero-order valence-electron chi connectivity index (χ0n) is 14.4. The predicted octanol–water partition coefficient (Wildman–Crippen LogP) is 2.84. The Morgan fingerprint density at radius 1 is 1.15 bits per heavy atom. The van der Waals surface area contributed by atoms with E-state index < -0.39 is 0 Å². The highest BCUT2D eigenvalue weighted by molar-refractivity contribution is 7.99. The average Bonchev–Trinajstić information content (AvgIpc) is 3.30. The van der Waals surface area contributed by atoms with E-state index >= 15 is 0 Å². The molecule has 2 aromatic rings. The summed E-state index contributed by atoms with van der Waals surface area (Å²) < 4.78 is 5.52. The molecule has 0 radical (unpaired) electrons. The normalized spacial score (nSPS) is 13.3. The number of nitrogens with zero attached hydrogens (tertiary/aromatic N) is 2. The van der Waals surface area contributed by atoms with Crippen LogP contribution in [0.15, 0.2) is 27.8 Å². The average molecular weight is 374 g/mol. The van der Waals surface area contributed by atoms with Gasteiger partial charge in [-0.1, -0.05) is 11.8 Å². The molecule has 0 atom stereocenters. The molecule has 2 amide bonds. The minimum absolute atomic E-state index is 0.0956. The van der Waals surface area contributed by atoms with Crippen LogP contribution < -0.4 is 10.6 Å². The van der Waals surface area contributed by atoms with Crippen molar-refractivity contribution in [1.82, 2.24) is 10.2 Å². The van der Waals surface area contributed by atoms with Crippen molar-refractivity contribution in [2.45, 2.75) is 37.8 Å². The van der Waals surface area contributed by atoms with Crippen molar-refractivity contribution >= 4 is 40.7 Å². The molecular weight excluding hydrogens is 356 g/mol. The lowest BCUT2D eigenvalue weighted by atomic mass is 10.1. The maximum atomic E-state index is 12.6. The number of carbonyl (C=O) groups is 3.